The third kappa shape index (κ3) is 2.46. The van der Waals surface area contributed by atoms with Gasteiger partial charge in [0.25, 0.3) is 0 Å². The lowest BCUT2D eigenvalue weighted by molar-refractivity contribution is 0.101. The van der Waals surface area contributed by atoms with Crippen molar-refractivity contribution in [3.05, 3.63) is 46.8 Å². The van der Waals surface area contributed by atoms with Crippen molar-refractivity contribution in [2.24, 2.45) is 0 Å². The number of aliphatic hydroxyl groups excluding tert-OH is 1. The van der Waals surface area contributed by atoms with E-state index in [1.165, 1.54) is 0 Å². The lowest BCUT2D eigenvalue weighted by atomic mass is 10.1. The third-order valence-corrected chi connectivity index (χ3v) is 2.92. The summed E-state index contributed by atoms with van der Waals surface area (Å²) >= 11 is 0. The topological polar surface area (TPSA) is 68.0 Å². The normalized spacial score (nSPS) is 10.6. The van der Waals surface area contributed by atoms with Crippen molar-refractivity contribution >= 4 is 5.78 Å². The summed E-state index contributed by atoms with van der Waals surface area (Å²) in [5.41, 5.74) is 3.19. The molecule has 0 aliphatic carbocycles. The van der Waals surface area contributed by atoms with Gasteiger partial charge in [-0.2, -0.15) is 0 Å². The standard InChI is InChI=1S/C13H15N3O2/c1-9-13(8-17)14-15-16(9)7-11-3-5-12(6-4-11)10(2)18/h3-6,17H,7-8H2,1-2H3. The van der Waals surface area contributed by atoms with E-state index in [0.29, 0.717) is 17.8 Å². The molecule has 1 heterocycles. The Labute approximate surface area is 105 Å². The molecule has 0 radical (unpaired) electrons. The van der Waals surface area contributed by atoms with Gasteiger partial charge in [0.2, 0.25) is 0 Å². The average Bonchev–Trinajstić information content (AvgIpc) is 2.71. The van der Waals surface area contributed by atoms with E-state index in [9.17, 15) is 4.79 Å². The molecule has 0 aliphatic rings. The zero-order chi connectivity index (χ0) is 13.1. The molecule has 0 aliphatic heterocycles. The monoisotopic (exact) mass is 245 g/mol. The quantitative estimate of drug-likeness (QED) is 0.825. The molecular formula is C13H15N3O2. The van der Waals surface area contributed by atoms with E-state index in [0.717, 1.165) is 11.3 Å². The van der Waals surface area contributed by atoms with Gasteiger partial charge in [0, 0.05) is 5.56 Å². The lowest BCUT2D eigenvalue weighted by Crippen LogP contribution is -2.04. The van der Waals surface area contributed by atoms with Gasteiger partial charge < -0.3 is 5.11 Å². The molecule has 5 heteroatoms. The number of rotatable bonds is 4. The van der Waals surface area contributed by atoms with Crippen LogP contribution in [0.5, 0.6) is 0 Å². The Morgan fingerprint density at radius 1 is 1.33 bits per heavy atom. The van der Waals surface area contributed by atoms with Crippen molar-refractivity contribution in [2.75, 3.05) is 0 Å². The van der Waals surface area contributed by atoms with Crippen molar-refractivity contribution in [3.8, 4) is 0 Å². The molecule has 2 aromatic rings. The Morgan fingerprint density at radius 3 is 2.50 bits per heavy atom. The first-order valence-electron chi connectivity index (χ1n) is 5.71. The predicted octanol–water partition coefficient (Wildman–Crippen LogP) is 1.33. The first-order chi connectivity index (χ1) is 8.61. The summed E-state index contributed by atoms with van der Waals surface area (Å²) in [5, 5.41) is 16.9. The van der Waals surface area contributed by atoms with Gasteiger partial charge in [0.05, 0.1) is 18.8 Å². The second-order valence-electron chi connectivity index (χ2n) is 4.19. The van der Waals surface area contributed by atoms with E-state index >= 15 is 0 Å². The van der Waals surface area contributed by atoms with E-state index in [-0.39, 0.29) is 12.4 Å². The molecule has 0 atom stereocenters. The molecule has 1 aromatic carbocycles. The summed E-state index contributed by atoms with van der Waals surface area (Å²) in [4.78, 5) is 11.2. The zero-order valence-corrected chi connectivity index (χ0v) is 10.4. The largest absolute Gasteiger partial charge is 0.390 e. The predicted molar refractivity (Wildman–Crippen MR) is 66.2 cm³/mol. The number of carbonyl (C=O) groups is 1. The van der Waals surface area contributed by atoms with Crippen molar-refractivity contribution in [1.82, 2.24) is 15.0 Å². The van der Waals surface area contributed by atoms with E-state index < -0.39 is 0 Å². The van der Waals surface area contributed by atoms with Crippen LogP contribution in [0.4, 0.5) is 0 Å². The van der Waals surface area contributed by atoms with Gasteiger partial charge in [-0.05, 0) is 19.4 Å². The fourth-order valence-corrected chi connectivity index (χ4v) is 1.71. The highest BCUT2D eigenvalue weighted by molar-refractivity contribution is 5.93. The summed E-state index contributed by atoms with van der Waals surface area (Å²) < 4.78 is 1.73. The first kappa shape index (κ1) is 12.4. The molecule has 1 aromatic heterocycles. The highest BCUT2D eigenvalue weighted by Gasteiger charge is 2.07. The molecule has 18 heavy (non-hydrogen) atoms. The van der Waals surface area contributed by atoms with Crippen molar-refractivity contribution in [2.45, 2.75) is 27.0 Å². The fraction of sp³-hybridized carbons (Fsp3) is 0.308. The summed E-state index contributed by atoms with van der Waals surface area (Å²) in [6.45, 7) is 3.89. The van der Waals surface area contributed by atoms with E-state index in [4.69, 9.17) is 5.11 Å². The summed E-state index contributed by atoms with van der Waals surface area (Å²) in [5.74, 6) is 0.0565. The zero-order valence-electron chi connectivity index (χ0n) is 10.4. The van der Waals surface area contributed by atoms with Crippen LogP contribution in [0.1, 0.15) is 34.2 Å². The number of Topliss-reactive ketones (excluding diaryl/α,β-unsaturated/α-hetero) is 1. The highest BCUT2D eigenvalue weighted by Crippen LogP contribution is 2.09. The Balaban J connectivity index is 2.18. The lowest BCUT2D eigenvalue weighted by Gasteiger charge is -2.04. The number of carbonyl (C=O) groups excluding carboxylic acids is 1. The van der Waals surface area contributed by atoms with Gasteiger partial charge >= 0.3 is 0 Å². The van der Waals surface area contributed by atoms with Crippen molar-refractivity contribution in [1.29, 1.82) is 0 Å². The number of nitrogens with zero attached hydrogens (tertiary/aromatic N) is 3. The molecule has 5 nitrogen and oxygen atoms in total. The summed E-state index contributed by atoms with van der Waals surface area (Å²) in [7, 11) is 0. The van der Waals surface area contributed by atoms with Gasteiger partial charge in [-0.3, -0.25) is 4.79 Å². The van der Waals surface area contributed by atoms with Crippen molar-refractivity contribution in [3.63, 3.8) is 0 Å². The van der Waals surface area contributed by atoms with Gasteiger partial charge in [-0.25, -0.2) is 4.68 Å². The van der Waals surface area contributed by atoms with E-state index in [1.807, 2.05) is 19.1 Å². The van der Waals surface area contributed by atoms with Crippen LogP contribution in [0.25, 0.3) is 0 Å². The molecule has 0 bridgehead atoms. The molecule has 0 spiro atoms. The van der Waals surface area contributed by atoms with Crippen LogP contribution >= 0.6 is 0 Å². The van der Waals surface area contributed by atoms with Gasteiger partial charge in [-0.15, -0.1) is 5.10 Å². The maximum Gasteiger partial charge on any atom is 0.159 e. The average molecular weight is 245 g/mol. The minimum Gasteiger partial charge on any atom is -0.390 e. The molecule has 0 fully saturated rings. The number of hydrogen-bond donors (Lipinski definition) is 1. The van der Waals surface area contributed by atoms with Gasteiger partial charge in [0.1, 0.15) is 5.69 Å². The molecule has 94 valence electrons. The van der Waals surface area contributed by atoms with Crippen molar-refractivity contribution < 1.29 is 9.90 Å². The second-order valence-corrected chi connectivity index (χ2v) is 4.19. The molecule has 0 saturated heterocycles. The molecule has 1 N–H and O–H groups in total. The maximum atomic E-state index is 11.2. The van der Waals surface area contributed by atoms with Crippen LogP contribution < -0.4 is 0 Å². The molecule has 0 unspecified atom stereocenters. The Morgan fingerprint density at radius 2 is 2.00 bits per heavy atom. The van der Waals surface area contributed by atoms with Gasteiger partial charge in [-0.1, -0.05) is 29.5 Å². The molecule has 2 rings (SSSR count). The molecular weight excluding hydrogens is 230 g/mol. The van der Waals surface area contributed by atoms with Gasteiger partial charge in [0.15, 0.2) is 5.78 Å². The molecule has 0 saturated carbocycles. The fourth-order valence-electron chi connectivity index (χ4n) is 1.71. The summed E-state index contributed by atoms with van der Waals surface area (Å²) in [6.07, 6.45) is 0. The Kier molecular flexibility index (Phi) is 3.53. The van der Waals surface area contributed by atoms with Crippen LogP contribution in [0, 0.1) is 6.92 Å². The number of ketones is 1. The smallest absolute Gasteiger partial charge is 0.159 e. The Bertz CT molecular complexity index is 558. The number of aromatic nitrogens is 3. The summed E-state index contributed by atoms with van der Waals surface area (Å²) in [6, 6.07) is 7.40. The second kappa shape index (κ2) is 5.10. The van der Waals surface area contributed by atoms with Crippen LogP contribution in [0.3, 0.4) is 0 Å². The first-order valence-corrected chi connectivity index (χ1v) is 5.71. The minimum atomic E-state index is -0.102. The minimum absolute atomic E-state index is 0.0565. The van der Waals surface area contributed by atoms with Crippen LogP contribution in [-0.4, -0.2) is 25.9 Å². The maximum absolute atomic E-state index is 11.2. The van der Waals surface area contributed by atoms with Crippen LogP contribution in [0.15, 0.2) is 24.3 Å². The Hall–Kier alpha value is -2.01. The van der Waals surface area contributed by atoms with Crippen LogP contribution in [-0.2, 0) is 13.2 Å². The number of aliphatic hydroxyl groups is 1. The van der Waals surface area contributed by atoms with E-state index in [1.54, 1.807) is 23.7 Å². The van der Waals surface area contributed by atoms with Crippen LogP contribution in [0.2, 0.25) is 0 Å². The number of hydrogen-bond acceptors (Lipinski definition) is 4. The molecule has 0 amide bonds. The van der Waals surface area contributed by atoms with E-state index in [2.05, 4.69) is 10.3 Å². The SMILES string of the molecule is CC(=O)c1ccc(Cn2nnc(CO)c2C)cc1. The number of benzene rings is 1. The third-order valence-electron chi connectivity index (χ3n) is 2.92. The highest BCUT2D eigenvalue weighted by atomic mass is 16.3.